The van der Waals surface area contributed by atoms with E-state index in [0.29, 0.717) is 5.02 Å². The number of aliphatic hydroxyl groups is 1. The van der Waals surface area contributed by atoms with Crippen LogP contribution in [0.15, 0.2) is 18.2 Å². The molecule has 1 aliphatic heterocycles. The molecule has 4 heteroatoms. The van der Waals surface area contributed by atoms with Crippen LogP contribution in [0.5, 0.6) is 0 Å². The highest BCUT2D eigenvalue weighted by atomic mass is 35.5. The van der Waals surface area contributed by atoms with E-state index in [1.807, 2.05) is 18.2 Å². The first-order valence-electron chi connectivity index (χ1n) is 5.97. The van der Waals surface area contributed by atoms with Gasteiger partial charge in [0.2, 0.25) is 0 Å². The van der Waals surface area contributed by atoms with Gasteiger partial charge in [0.1, 0.15) is 0 Å². The smallest absolute Gasteiger partial charge is 0.0721 e. The molecule has 94 valence electrons. The highest BCUT2D eigenvalue weighted by Gasteiger charge is 2.18. The van der Waals surface area contributed by atoms with Gasteiger partial charge in [-0.2, -0.15) is 0 Å². The maximum absolute atomic E-state index is 9.42. The fourth-order valence-corrected chi connectivity index (χ4v) is 2.44. The molecule has 17 heavy (non-hydrogen) atoms. The van der Waals surface area contributed by atoms with Gasteiger partial charge in [0.25, 0.3) is 0 Å². The van der Waals surface area contributed by atoms with Crippen LogP contribution >= 0.6 is 11.6 Å². The van der Waals surface area contributed by atoms with Crippen molar-refractivity contribution >= 4 is 17.3 Å². The van der Waals surface area contributed by atoms with Gasteiger partial charge >= 0.3 is 0 Å². The van der Waals surface area contributed by atoms with Crippen LogP contribution in [-0.2, 0) is 11.3 Å². The van der Waals surface area contributed by atoms with Crippen LogP contribution in [0.25, 0.3) is 0 Å². The number of anilines is 1. The second-order valence-electron chi connectivity index (χ2n) is 4.38. The number of rotatable bonds is 2. The lowest BCUT2D eigenvalue weighted by atomic mass is 10.1. The molecule has 1 saturated heterocycles. The largest absolute Gasteiger partial charge is 0.392 e. The molecule has 1 fully saturated rings. The third-order valence-corrected chi connectivity index (χ3v) is 3.40. The van der Waals surface area contributed by atoms with Crippen molar-refractivity contribution in [1.82, 2.24) is 0 Å². The van der Waals surface area contributed by atoms with E-state index < -0.39 is 0 Å². The lowest BCUT2D eigenvalue weighted by molar-refractivity contribution is 0.0820. The van der Waals surface area contributed by atoms with Crippen LogP contribution in [0.1, 0.15) is 18.9 Å². The van der Waals surface area contributed by atoms with Crippen molar-refractivity contribution in [2.24, 2.45) is 0 Å². The molecule has 3 nitrogen and oxygen atoms in total. The minimum absolute atomic E-state index is 0.0270. The van der Waals surface area contributed by atoms with Crippen LogP contribution in [0.4, 0.5) is 5.69 Å². The summed E-state index contributed by atoms with van der Waals surface area (Å²) in [6.07, 6.45) is 1.21. The number of halogens is 1. The summed E-state index contributed by atoms with van der Waals surface area (Å²) < 4.78 is 5.62. The molecule has 0 aromatic heterocycles. The Kier molecular flexibility index (Phi) is 4.26. The van der Waals surface area contributed by atoms with Gasteiger partial charge in [-0.25, -0.2) is 0 Å². The zero-order chi connectivity index (χ0) is 12.3. The van der Waals surface area contributed by atoms with E-state index in [9.17, 15) is 5.11 Å². The molecule has 1 aromatic rings. The standard InChI is InChI=1S/C13H18ClNO2/c1-10-8-15(6-3-7-17-10)13-5-2-4-12(14)11(13)9-16/h2,4-5,10,16H,3,6-9H2,1H3. The van der Waals surface area contributed by atoms with E-state index in [4.69, 9.17) is 16.3 Å². The molecule has 0 bridgehead atoms. The molecule has 1 atom stereocenters. The van der Waals surface area contributed by atoms with E-state index in [1.165, 1.54) is 0 Å². The molecule has 1 aliphatic rings. The normalized spacial score (nSPS) is 21.4. The molecule has 1 heterocycles. The van der Waals surface area contributed by atoms with Crippen LogP contribution in [0.2, 0.25) is 5.02 Å². The highest BCUT2D eigenvalue weighted by Crippen LogP contribution is 2.28. The number of aliphatic hydroxyl groups excluding tert-OH is 1. The molecular formula is C13H18ClNO2. The number of ether oxygens (including phenoxy) is 1. The molecule has 0 spiro atoms. The predicted octanol–water partition coefficient (Wildman–Crippen LogP) is 2.45. The zero-order valence-corrected chi connectivity index (χ0v) is 10.8. The maximum Gasteiger partial charge on any atom is 0.0721 e. The molecule has 0 aliphatic carbocycles. The second-order valence-corrected chi connectivity index (χ2v) is 4.78. The average Bonchev–Trinajstić information content (AvgIpc) is 2.53. The van der Waals surface area contributed by atoms with Crippen molar-refractivity contribution in [3.8, 4) is 0 Å². The number of hydrogen-bond donors (Lipinski definition) is 1. The Morgan fingerprint density at radius 1 is 1.53 bits per heavy atom. The fourth-order valence-electron chi connectivity index (χ4n) is 2.21. The van der Waals surface area contributed by atoms with E-state index in [1.54, 1.807) is 0 Å². The minimum atomic E-state index is -0.0270. The molecular weight excluding hydrogens is 238 g/mol. The summed E-state index contributed by atoms with van der Waals surface area (Å²) in [6.45, 7) is 4.62. The summed E-state index contributed by atoms with van der Waals surface area (Å²) >= 11 is 6.11. The van der Waals surface area contributed by atoms with Crippen LogP contribution < -0.4 is 4.90 Å². The summed E-state index contributed by atoms with van der Waals surface area (Å²) in [7, 11) is 0. The van der Waals surface area contributed by atoms with Crippen LogP contribution in [-0.4, -0.2) is 30.9 Å². The van der Waals surface area contributed by atoms with Crippen LogP contribution in [0.3, 0.4) is 0 Å². The van der Waals surface area contributed by atoms with Gasteiger partial charge < -0.3 is 14.7 Å². The number of nitrogens with zero attached hydrogens (tertiary/aromatic N) is 1. The lowest BCUT2D eigenvalue weighted by Gasteiger charge is -2.26. The number of benzene rings is 1. The van der Waals surface area contributed by atoms with Crippen molar-refractivity contribution in [3.63, 3.8) is 0 Å². The summed E-state index contributed by atoms with van der Waals surface area (Å²) in [5, 5.41) is 10.1. The minimum Gasteiger partial charge on any atom is -0.392 e. The first kappa shape index (κ1) is 12.7. The van der Waals surface area contributed by atoms with Gasteiger partial charge in [-0.1, -0.05) is 17.7 Å². The average molecular weight is 256 g/mol. The Bertz CT molecular complexity index is 384. The molecule has 0 saturated carbocycles. The quantitative estimate of drug-likeness (QED) is 0.881. The van der Waals surface area contributed by atoms with Gasteiger partial charge in [0.15, 0.2) is 0 Å². The summed E-state index contributed by atoms with van der Waals surface area (Å²) in [5.74, 6) is 0. The third-order valence-electron chi connectivity index (χ3n) is 3.05. The van der Waals surface area contributed by atoms with Crippen LogP contribution in [0, 0.1) is 0 Å². The second kappa shape index (κ2) is 5.71. The Labute approximate surface area is 107 Å². The monoisotopic (exact) mass is 255 g/mol. The Hall–Kier alpha value is -0.770. The molecule has 1 aromatic carbocycles. The third kappa shape index (κ3) is 2.92. The van der Waals surface area contributed by atoms with Crippen molar-refractivity contribution in [3.05, 3.63) is 28.8 Å². The van der Waals surface area contributed by atoms with Gasteiger partial charge in [0.05, 0.1) is 12.7 Å². The molecule has 2 rings (SSSR count). The lowest BCUT2D eigenvalue weighted by Crippen LogP contribution is -2.30. The molecule has 1 unspecified atom stereocenters. The first-order chi connectivity index (χ1) is 8.22. The van der Waals surface area contributed by atoms with Crippen molar-refractivity contribution < 1.29 is 9.84 Å². The van der Waals surface area contributed by atoms with Crippen molar-refractivity contribution in [2.45, 2.75) is 26.1 Å². The van der Waals surface area contributed by atoms with Crippen molar-refractivity contribution in [2.75, 3.05) is 24.6 Å². The highest BCUT2D eigenvalue weighted by molar-refractivity contribution is 6.31. The van der Waals surface area contributed by atoms with E-state index in [2.05, 4.69) is 11.8 Å². The van der Waals surface area contributed by atoms with Gasteiger partial charge in [-0.3, -0.25) is 0 Å². The Balaban J connectivity index is 2.28. The summed E-state index contributed by atoms with van der Waals surface area (Å²) in [5.41, 5.74) is 1.83. The van der Waals surface area contributed by atoms with Gasteiger partial charge in [-0.15, -0.1) is 0 Å². The van der Waals surface area contributed by atoms with E-state index in [-0.39, 0.29) is 12.7 Å². The van der Waals surface area contributed by atoms with Gasteiger partial charge in [0, 0.05) is 36.0 Å². The maximum atomic E-state index is 9.42. The fraction of sp³-hybridized carbons (Fsp3) is 0.538. The van der Waals surface area contributed by atoms with E-state index in [0.717, 1.165) is 37.4 Å². The Morgan fingerprint density at radius 2 is 2.35 bits per heavy atom. The molecule has 1 N–H and O–H groups in total. The van der Waals surface area contributed by atoms with Gasteiger partial charge in [-0.05, 0) is 25.5 Å². The predicted molar refractivity (Wildman–Crippen MR) is 69.6 cm³/mol. The molecule has 0 amide bonds. The Morgan fingerprint density at radius 3 is 3.12 bits per heavy atom. The zero-order valence-electron chi connectivity index (χ0n) is 10.0. The summed E-state index contributed by atoms with van der Waals surface area (Å²) in [4.78, 5) is 2.25. The van der Waals surface area contributed by atoms with Crippen molar-refractivity contribution in [1.29, 1.82) is 0 Å². The summed E-state index contributed by atoms with van der Waals surface area (Å²) in [6, 6.07) is 5.75. The number of hydrogen-bond acceptors (Lipinski definition) is 3. The topological polar surface area (TPSA) is 32.7 Å². The first-order valence-corrected chi connectivity index (χ1v) is 6.35. The molecule has 0 radical (unpaired) electrons. The SMILES string of the molecule is CC1CN(c2cccc(Cl)c2CO)CCCO1. The van der Waals surface area contributed by atoms with E-state index >= 15 is 0 Å².